The zero-order valence-corrected chi connectivity index (χ0v) is 22.8. The van der Waals surface area contributed by atoms with E-state index in [1.54, 1.807) is 24.3 Å². The number of aliphatic imine (C=N–C) groups is 1. The van der Waals surface area contributed by atoms with Crippen molar-refractivity contribution in [1.29, 1.82) is 21.0 Å². The molecule has 0 unspecified atom stereocenters. The van der Waals surface area contributed by atoms with Crippen LogP contribution in [0.5, 0.6) is 0 Å². The maximum absolute atomic E-state index is 10.7. The summed E-state index contributed by atoms with van der Waals surface area (Å²) in [5, 5.41) is 29.3. The third-order valence-corrected chi connectivity index (χ3v) is 2.77. The molecule has 0 aliphatic carbocycles. The van der Waals surface area contributed by atoms with Crippen molar-refractivity contribution in [3.05, 3.63) is 71.8 Å². The van der Waals surface area contributed by atoms with Crippen LogP contribution in [0.1, 0.15) is 44.9 Å². The molecule has 202 valence electrons. The Balaban J connectivity index is -0.000000229. The van der Waals surface area contributed by atoms with E-state index in [2.05, 4.69) is 23.2 Å². The number of halogens is 6. The Hall–Kier alpha value is -3.50. The van der Waals surface area contributed by atoms with Crippen LogP contribution in [0.4, 0.5) is 25.2 Å². The average molecular weight is 633 g/mol. The molecule has 0 aromatic heterocycles. The molecule has 2 aromatic carbocycles. The minimum absolute atomic E-state index is 0. The predicted octanol–water partition coefficient (Wildman–Crippen LogP) is 8.50. The van der Waals surface area contributed by atoms with Gasteiger partial charge in [0.2, 0.25) is 0 Å². The fourth-order valence-corrected chi connectivity index (χ4v) is 1.89. The number of ether oxygens (including phenoxy) is 1. The van der Waals surface area contributed by atoms with Gasteiger partial charge in [0.25, 0.3) is 0 Å². The third-order valence-electron chi connectivity index (χ3n) is 2.77. The molecule has 14 heteroatoms. The van der Waals surface area contributed by atoms with Gasteiger partial charge in [-0.15, -0.1) is 30.3 Å². The van der Waals surface area contributed by atoms with Gasteiger partial charge in [0, 0.05) is 27.7 Å². The molecule has 0 N–H and O–H groups in total. The van der Waals surface area contributed by atoms with Crippen molar-refractivity contribution < 1.29 is 49.4 Å². The molecular weight excluding hydrogens is 608 g/mol. The van der Waals surface area contributed by atoms with Crippen LogP contribution in [0.15, 0.2) is 59.6 Å². The SMILES string of the molecule is CC#N.CC#N.CC#N.CC#N.F[P-](F)(F)(F)(F)F.[Ru+2].[c-]1ccccc1C1=N[C@@H](c2ccccc2)CO1. The van der Waals surface area contributed by atoms with E-state index in [0.29, 0.717) is 12.5 Å². The van der Waals surface area contributed by atoms with E-state index in [-0.39, 0.29) is 25.5 Å². The van der Waals surface area contributed by atoms with Crippen molar-refractivity contribution in [2.45, 2.75) is 33.7 Å². The van der Waals surface area contributed by atoms with Gasteiger partial charge in [0.1, 0.15) is 18.5 Å². The minimum atomic E-state index is -10.7. The minimum Gasteiger partial charge on any atom is -0.518 e. The summed E-state index contributed by atoms with van der Waals surface area (Å²) < 4.78 is 64.8. The standard InChI is InChI=1S/C15H12NO.4C2H3N.F6P.Ru/c1-3-7-12(8-4-1)14-11-17-15(16-14)13-9-5-2-6-10-13;4*1-2-3;1-7(2,3,4,5)6;/h1-9,14H,11H2;4*1H3;;/q-1;;;;;-1;+2/t14-;;;;;;/m1....../s1. The van der Waals surface area contributed by atoms with Crippen LogP contribution in [0.2, 0.25) is 0 Å². The van der Waals surface area contributed by atoms with Gasteiger partial charge >= 0.3 is 52.5 Å². The summed E-state index contributed by atoms with van der Waals surface area (Å²) in [7, 11) is -10.7. The van der Waals surface area contributed by atoms with Crippen LogP contribution in [-0.4, -0.2) is 12.5 Å². The predicted molar refractivity (Wildman–Crippen MR) is 126 cm³/mol. The maximum Gasteiger partial charge on any atom is 2.00 e. The summed E-state index contributed by atoms with van der Waals surface area (Å²) in [5.74, 6) is 0.694. The number of nitrogens with zero attached hydrogens (tertiary/aromatic N) is 5. The van der Waals surface area contributed by atoms with Gasteiger partial charge in [-0.2, -0.15) is 21.0 Å². The molecule has 0 amide bonds. The molecule has 0 radical (unpaired) electrons. The van der Waals surface area contributed by atoms with Crippen LogP contribution in [-0.2, 0) is 24.2 Å². The van der Waals surface area contributed by atoms with E-state index >= 15 is 0 Å². The quantitative estimate of drug-likeness (QED) is 0.142. The van der Waals surface area contributed by atoms with Gasteiger partial charge in [0.05, 0.1) is 24.3 Å². The van der Waals surface area contributed by atoms with Crippen molar-refractivity contribution in [3.8, 4) is 24.3 Å². The average Bonchev–Trinajstić information content (AvgIpc) is 3.26. The molecule has 6 nitrogen and oxygen atoms in total. The van der Waals surface area contributed by atoms with E-state index in [0.717, 1.165) is 5.56 Å². The Kier molecular flexibility index (Phi) is 21.6. The van der Waals surface area contributed by atoms with Gasteiger partial charge in [-0.05, 0) is 5.56 Å². The van der Waals surface area contributed by atoms with Crippen molar-refractivity contribution in [3.63, 3.8) is 0 Å². The topological polar surface area (TPSA) is 117 Å². The van der Waals surface area contributed by atoms with Crippen molar-refractivity contribution >= 4 is 13.7 Å². The van der Waals surface area contributed by atoms with Crippen molar-refractivity contribution in [1.82, 2.24) is 0 Å². The molecule has 1 heterocycles. The molecule has 1 aliphatic rings. The molecule has 37 heavy (non-hydrogen) atoms. The Morgan fingerprint density at radius 1 is 0.784 bits per heavy atom. The molecule has 0 saturated heterocycles. The first-order valence-electron chi connectivity index (χ1n) is 9.57. The molecule has 0 bridgehead atoms. The number of hydrogen-bond donors (Lipinski definition) is 0. The maximum atomic E-state index is 9.87. The van der Waals surface area contributed by atoms with E-state index < -0.39 is 7.81 Å². The smallest absolute Gasteiger partial charge is 0.518 e. The zero-order chi connectivity index (χ0) is 28.7. The summed E-state index contributed by atoms with van der Waals surface area (Å²) in [6, 6.07) is 28.2. The van der Waals surface area contributed by atoms with Crippen LogP contribution < -0.4 is 0 Å². The molecule has 3 rings (SSSR count). The van der Waals surface area contributed by atoms with Crippen LogP contribution in [0, 0.1) is 51.4 Å². The summed E-state index contributed by atoms with van der Waals surface area (Å²) in [6.07, 6.45) is 0. The van der Waals surface area contributed by atoms with Gasteiger partial charge in [0.15, 0.2) is 0 Å². The van der Waals surface area contributed by atoms with E-state index in [1.807, 2.05) is 42.5 Å². The summed E-state index contributed by atoms with van der Waals surface area (Å²) >= 11 is 0. The molecular formula is C23H24F6N5OPRu. The van der Waals surface area contributed by atoms with Gasteiger partial charge in [-0.25, -0.2) is 0 Å². The number of nitriles is 4. The Morgan fingerprint density at radius 2 is 1.16 bits per heavy atom. The van der Waals surface area contributed by atoms with Gasteiger partial charge in [-0.3, -0.25) is 4.99 Å². The largest absolute Gasteiger partial charge is 2.00 e. The monoisotopic (exact) mass is 633 g/mol. The first-order valence-corrected chi connectivity index (χ1v) is 11.6. The number of hydrogen-bond acceptors (Lipinski definition) is 6. The van der Waals surface area contributed by atoms with Crippen molar-refractivity contribution in [2.75, 3.05) is 6.61 Å². The second-order valence-electron chi connectivity index (χ2n) is 5.80. The Morgan fingerprint density at radius 3 is 1.51 bits per heavy atom. The zero-order valence-electron chi connectivity index (χ0n) is 20.2. The van der Waals surface area contributed by atoms with Gasteiger partial charge in [-0.1, -0.05) is 35.9 Å². The number of benzene rings is 2. The first kappa shape index (κ1) is 40.7. The first-order chi connectivity index (χ1) is 16.5. The Bertz CT molecular complexity index is 1010. The molecule has 1 aliphatic heterocycles. The number of rotatable bonds is 2. The van der Waals surface area contributed by atoms with Crippen molar-refractivity contribution in [2.24, 2.45) is 4.99 Å². The van der Waals surface area contributed by atoms with Crippen LogP contribution >= 0.6 is 7.81 Å². The summed E-state index contributed by atoms with van der Waals surface area (Å²) in [4.78, 5) is 4.59. The fraction of sp³-hybridized carbons (Fsp3) is 0.261. The molecule has 0 fully saturated rings. The third kappa shape index (κ3) is 34.7. The van der Waals surface area contributed by atoms with E-state index in [4.69, 9.17) is 25.8 Å². The van der Waals surface area contributed by atoms with E-state index in [9.17, 15) is 25.2 Å². The second kappa shape index (κ2) is 19.7. The molecule has 0 saturated carbocycles. The normalized spacial score (nSPS) is 13.8. The molecule has 2 aromatic rings. The van der Waals surface area contributed by atoms with Crippen LogP contribution in [0.25, 0.3) is 0 Å². The van der Waals surface area contributed by atoms with Gasteiger partial charge < -0.3 is 4.74 Å². The summed E-state index contributed by atoms with van der Waals surface area (Å²) in [5.41, 5.74) is 2.12. The second-order valence-corrected chi connectivity index (χ2v) is 7.72. The molecule has 0 spiro atoms. The van der Waals surface area contributed by atoms with Crippen LogP contribution in [0.3, 0.4) is 0 Å². The van der Waals surface area contributed by atoms with E-state index in [1.165, 1.54) is 33.3 Å². The summed E-state index contributed by atoms with van der Waals surface area (Å²) in [6.45, 7) is 6.34. The fourth-order valence-electron chi connectivity index (χ4n) is 1.89. The Labute approximate surface area is 225 Å². The molecule has 1 atom stereocenters.